The minimum atomic E-state index is 0.500. The van der Waals surface area contributed by atoms with Crippen LogP contribution in [0.15, 0.2) is 0 Å². The Kier molecular flexibility index (Phi) is 33.4. The van der Waals surface area contributed by atoms with Gasteiger partial charge in [0.15, 0.2) is 0 Å². The molecule has 0 saturated carbocycles. The second kappa shape index (κ2) is 33.2. The third-order valence-electron chi connectivity index (χ3n) is 3.79. The zero-order valence-corrected chi connectivity index (χ0v) is 21.9. The third-order valence-corrected chi connectivity index (χ3v) is 4.10. The zero-order chi connectivity index (χ0) is 24.6. The number of hydrogen-bond acceptors (Lipinski definition) is 10. The maximum atomic E-state index is 5.49. The summed E-state index contributed by atoms with van der Waals surface area (Å²) in [4.78, 5) is 0. The van der Waals surface area contributed by atoms with E-state index >= 15 is 0 Å². The largest absolute Gasteiger partial charge is 0.378 e. The fourth-order valence-electron chi connectivity index (χ4n) is 2.19. The molecule has 0 radical (unpaired) electrons. The van der Waals surface area contributed by atoms with Gasteiger partial charge < -0.3 is 47.4 Å². The molecule has 0 aliphatic carbocycles. The Labute approximate surface area is 214 Å². The van der Waals surface area contributed by atoms with Crippen molar-refractivity contribution in [3.63, 3.8) is 0 Å². The number of alkyl halides is 2. The summed E-state index contributed by atoms with van der Waals surface area (Å²) in [6, 6.07) is 0. The van der Waals surface area contributed by atoms with Crippen LogP contribution in [0.25, 0.3) is 0 Å². The smallest absolute Gasteiger partial charge is 0.0701 e. The van der Waals surface area contributed by atoms with Crippen LogP contribution >= 0.6 is 23.2 Å². The Morgan fingerprint density at radius 3 is 0.441 bits per heavy atom. The van der Waals surface area contributed by atoms with E-state index in [0.717, 1.165) is 0 Å². The topological polar surface area (TPSA) is 92.3 Å². The average molecular weight is 539 g/mol. The van der Waals surface area contributed by atoms with Crippen molar-refractivity contribution in [2.45, 2.75) is 0 Å². The summed E-state index contributed by atoms with van der Waals surface area (Å²) in [6.45, 7) is 10.7. The Balaban J connectivity index is 2.99. The summed E-state index contributed by atoms with van der Waals surface area (Å²) in [5.41, 5.74) is 0. The van der Waals surface area contributed by atoms with Crippen LogP contribution in [-0.2, 0) is 47.4 Å². The van der Waals surface area contributed by atoms with Crippen LogP contribution in [0, 0.1) is 0 Å². The molecular weight excluding hydrogens is 495 g/mol. The molecule has 0 atom stereocenters. The maximum absolute atomic E-state index is 5.49. The quantitative estimate of drug-likeness (QED) is 0.0957. The molecule has 0 unspecified atom stereocenters. The van der Waals surface area contributed by atoms with E-state index in [1.54, 1.807) is 0 Å². The van der Waals surface area contributed by atoms with Crippen molar-refractivity contribution in [3.8, 4) is 0 Å². The molecule has 12 heteroatoms. The van der Waals surface area contributed by atoms with Gasteiger partial charge in [0.1, 0.15) is 0 Å². The summed E-state index contributed by atoms with van der Waals surface area (Å²) in [5.74, 6) is 1.00. The van der Waals surface area contributed by atoms with Crippen molar-refractivity contribution in [3.05, 3.63) is 0 Å². The standard InChI is InChI=1S/C22H44Cl2O10/c23-1-3-25-5-7-27-9-11-29-13-15-31-17-19-33-21-22-34-20-18-32-16-14-30-12-10-28-8-6-26-4-2-24/h1-22H2. The Bertz CT molecular complexity index is 328. The average Bonchev–Trinajstić information content (AvgIpc) is 2.85. The van der Waals surface area contributed by atoms with Crippen LogP contribution in [0.2, 0.25) is 0 Å². The number of rotatable bonds is 31. The van der Waals surface area contributed by atoms with Crippen LogP contribution in [0.5, 0.6) is 0 Å². The van der Waals surface area contributed by atoms with E-state index in [2.05, 4.69) is 0 Å². The van der Waals surface area contributed by atoms with Gasteiger partial charge in [-0.05, 0) is 0 Å². The van der Waals surface area contributed by atoms with Gasteiger partial charge >= 0.3 is 0 Å². The predicted octanol–water partition coefficient (Wildman–Crippen LogP) is 1.63. The molecule has 0 amide bonds. The van der Waals surface area contributed by atoms with Crippen LogP contribution < -0.4 is 0 Å². The number of ether oxygens (including phenoxy) is 10. The molecule has 0 aliphatic rings. The van der Waals surface area contributed by atoms with Gasteiger partial charge in [-0.2, -0.15) is 0 Å². The minimum Gasteiger partial charge on any atom is -0.378 e. The van der Waals surface area contributed by atoms with E-state index in [9.17, 15) is 0 Å². The first-order chi connectivity index (χ1) is 16.9. The van der Waals surface area contributed by atoms with Gasteiger partial charge in [0.05, 0.1) is 132 Å². The van der Waals surface area contributed by atoms with Gasteiger partial charge in [0.2, 0.25) is 0 Å². The van der Waals surface area contributed by atoms with Crippen LogP contribution in [-0.4, -0.2) is 144 Å². The second-order valence-electron chi connectivity index (χ2n) is 6.50. The van der Waals surface area contributed by atoms with Gasteiger partial charge in [-0.15, -0.1) is 23.2 Å². The zero-order valence-electron chi connectivity index (χ0n) is 20.4. The lowest BCUT2D eigenvalue weighted by Gasteiger charge is -2.09. The lowest BCUT2D eigenvalue weighted by Crippen LogP contribution is -2.15. The van der Waals surface area contributed by atoms with E-state index < -0.39 is 0 Å². The molecule has 206 valence electrons. The lowest BCUT2D eigenvalue weighted by molar-refractivity contribution is -0.0260. The van der Waals surface area contributed by atoms with E-state index in [-0.39, 0.29) is 0 Å². The first-order valence-corrected chi connectivity index (χ1v) is 12.9. The van der Waals surface area contributed by atoms with Crippen molar-refractivity contribution in [1.29, 1.82) is 0 Å². The maximum Gasteiger partial charge on any atom is 0.0701 e. The van der Waals surface area contributed by atoms with Crippen LogP contribution in [0.3, 0.4) is 0 Å². The monoisotopic (exact) mass is 538 g/mol. The molecule has 0 rings (SSSR count). The summed E-state index contributed by atoms with van der Waals surface area (Å²) < 4.78 is 53.6. The number of hydrogen-bond donors (Lipinski definition) is 0. The van der Waals surface area contributed by atoms with Gasteiger partial charge in [0.25, 0.3) is 0 Å². The van der Waals surface area contributed by atoms with E-state index in [4.69, 9.17) is 70.6 Å². The SMILES string of the molecule is ClCCOCCOCCOCCOCCOCCOCCOCCOCCOCCOCCCl. The van der Waals surface area contributed by atoms with Gasteiger partial charge in [0, 0.05) is 11.8 Å². The van der Waals surface area contributed by atoms with Gasteiger partial charge in [-0.1, -0.05) is 0 Å². The molecule has 34 heavy (non-hydrogen) atoms. The molecule has 0 spiro atoms. The summed E-state index contributed by atoms with van der Waals surface area (Å²) >= 11 is 11.0. The van der Waals surface area contributed by atoms with Crippen LogP contribution in [0.1, 0.15) is 0 Å². The van der Waals surface area contributed by atoms with Crippen molar-refractivity contribution < 1.29 is 47.4 Å². The predicted molar refractivity (Wildman–Crippen MR) is 130 cm³/mol. The highest BCUT2D eigenvalue weighted by molar-refractivity contribution is 6.18. The molecule has 0 aromatic heterocycles. The molecule has 0 saturated heterocycles. The summed E-state index contributed by atoms with van der Waals surface area (Å²) in [7, 11) is 0. The van der Waals surface area contributed by atoms with Crippen molar-refractivity contribution in [2.75, 3.05) is 144 Å². The third kappa shape index (κ3) is 32.2. The highest BCUT2D eigenvalue weighted by Crippen LogP contribution is 1.87. The molecule has 0 N–H and O–H groups in total. The van der Waals surface area contributed by atoms with E-state index in [1.807, 2.05) is 0 Å². The normalized spacial score (nSPS) is 11.5. The molecular formula is C22H44Cl2O10. The fourth-order valence-corrected chi connectivity index (χ4v) is 2.41. The first kappa shape index (κ1) is 34.2. The van der Waals surface area contributed by atoms with Crippen molar-refractivity contribution in [2.24, 2.45) is 0 Å². The minimum absolute atomic E-state index is 0.500. The van der Waals surface area contributed by atoms with Crippen LogP contribution in [0.4, 0.5) is 0 Å². The fraction of sp³-hybridized carbons (Fsp3) is 1.00. The summed E-state index contributed by atoms with van der Waals surface area (Å²) in [6.07, 6.45) is 0. The Morgan fingerprint density at radius 2 is 0.324 bits per heavy atom. The van der Waals surface area contributed by atoms with Gasteiger partial charge in [-0.25, -0.2) is 0 Å². The van der Waals surface area contributed by atoms with Crippen molar-refractivity contribution in [1.82, 2.24) is 0 Å². The molecule has 0 heterocycles. The van der Waals surface area contributed by atoms with E-state index in [1.165, 1.54) is 0 Å². The molecule has 0 aliphatic heterocycles. The lowest BCUT2D eigenvalue weighted by atomic mass is 10.6. The van der Waals surface area contributed by atoms with Crippen molar-refractivity contribution >= 4 is 23.2 Å². The first-order valence-electron chi connectivity index (χ1n) is 11.8. The number of halogens is 2. The molecule has 0 aromatic carbocycles. The Morgan fingerprint density at radius 1 is 0.206 bits per heavy atom. The highest BCUT2D eigenvalue weighted by Gasteiger charge is 1.95. The molecule has 10 nitrogen and oxygen atoms in total. The highest BCUT2D eigenvalue weighted by atomic mass is 35.5. The molecule has 0 bridgehead atoms. The molecule has 0 fully saturated rings. The summed E-state index contributed by atoms with van der Waals surface area (Å²) in [5, 5.41) is 0. The second-order valence-corrected chi connectivity index (χ2v) is 7.26. The molecule has 0 aromatic rings. The van der Waals surface area contributed by atoms with E-state index in [0.29, 0.717) is 144 Å². The Hall–Kier alpha value is 0.180. The van der Waals surface area contributed by atoms with Gasteiger partial charge in [-0.3, -0.25) is 0 Å².